The van der Waals surface area contributed by atoms with Gasteiger partial charge in [-0.15, -0.1) is 0 Å². The maximum atomic E-state index is 12.5. The fourth-order valence-corrected chi connectivity index (χ4v) is 4.93. The molecule has 2 fully saturated rings. The Balaban J connectivity index is 1.80. The van der Waals surface area contributed by atoms with Crippen molar-refractivity contribution in [1.82, 2.24) is 4.72 Å². The zero-order valence-electron chi connectivity index (χ0n) is 11.9. The number of carbonyl (C=O) groups excluding carboxylic acids is 1. The van der Waals surface area contributed by atoms with Crippen molar-refractivity contribution in [2.24, 2.45) is 11.8 Å². The second-order valence-corrected chi connectivity index (χ2v) is 7.64. The Kier molecular flexibility index (Phi) is 3.75. The summed E-state index contributed by atoms with van der Waals surface area (Å²) in [6.45, 7) is 0. The van der Waals surface area contributed by atoms with E-state index in [0.29, 0.717) is 11.8 Å². The van der Waals surface area contributed by atoms with Crippen LogP contribution in [0.1, 0.15) is 36.0 Å². The van der Waals surface area contributed by atoms with Gasteiger partial charge in [0.2, 0.25) is 10.0 Å². The molecule has 0 aliphatic heterocycles. The Morgan fingerprint density at radius 1 is 1.29 bits per heavy atom. The van der Waals surface area contributed by atoms with Gasteiger partial charge in [0.25, 0.3) is 0 Å². The highest BCUT2D eigenvalue weighted by atomic mass is 32.2. The van der Waals surface area contributed by atoms with E-state index in [1.807, 2.05) is 0 Å². The molecule has 0 amide bonds. The van der Waals surface area contributed by atoms with Crippen LogP contribution in [0.4, 0.5) is 0 Å². The van der Waals surface area contributed by atoms with Crippen molar-refractivity contribution in [3.05, 3.63) is 29.8 Å². The lowest BCUT2D eigenvalue weighted by Crippen LogP contribution is -2.38. The van der Waals surface area contributed by atoms with Crippen molar-refractivity contribution in [3.63, 3.8) is 0 Å². The lowest BCUT2D eigenvalue weighted by atomic mass is 9.96. The zero-order chi connectivity index (χ0) is 15.0. The summed E-state index contributed by atoms with van der Waals surface area (Å²) in [5, 5.41) is 0. The summed E-state index contributed by atoms with van der Waals surface area (Å²) < 4.78 is 32.4. The highest BCUT2D eigenvalue weighted by molar-refractivity contribution is 7.89. The van der Waals surface area contributed by atoms with Crippen LogP contribution in [0.15, 0.2) is 29.2 Å². The molecule has 5 nitrogen and oxygen atoms in total. The molecule has 0 spiro atoms. The van der Waals surface area contributed by atoms with Crippen molar-refractivity contribution in [3.8, 4) is 0 Å². The molecule has 3 atom stereocenters. The summed E-state index contributed by atoms with van der Waals surface area (Å²) in [7, 11) is -2.31. The fourth-order valence-electron chi connectivity index (χ4n) is 3.56. The molecule has 0 unspecified atom stereocenters. The highest BCUT2D eigenvalue weighted by Crippen LogP contribution is 2.44. The topological polar surface area (TPSA) is 72.5 Å². The number of carbonyl (C=O) groups is 1. The predicted octanol–water partition coefficient (Wildman–Crippen LogP) is 1.94. The Hall–Kier alpha value is -1.40. The van der Waals surface area contributed by atoms with Gasteiger partial charge in [-0.25, -0.2) is 17.9 Å². The van der Waals surface area contributed by atoms with Crippen LogP contribution in [0.5, 0.6) is 0 Å². The van der Waals surface area contributed by atoms with Gasteiger partial charge in [-0.2, -0.15) is 0 Å². The van der Waals surface area contributed by atoms with Gasteiger partial charge in [-0.05, 0) is 49.3 Å². The van der Waals surface area contributed by atoms with Gasteiger partial charge in [0, 0.05) is 6.04 Å². The van der Waals surface area contributed by atoms with Crippen LogP contribution < -0.4 is 4.72 Å². The average Bonchev–Trinajstić information content (AvgIpc) is 3.08. The summed E-state index contributed by atoms with van der Waals surface area (Å²) in [5.41, 5.74) is 0.244. The second kappa shape index (κ2) is 5.42. The first kappa shape index (κ1) is 14.5. The van der Waals surface area contributed by atoms with Gasteiger partial charge < -0.3 is 4.74 Å². The quantitative estimate of drug-likeness (QED) is 0.863. The molecule has 2 bridgehead atoms. The standard InChI is InChI=1S/C15H19NO4S/c1-20-15(17)12-3-2-4-13(9-12)21(18,19)16-14-8-10-5-6-11(14)7-10/h2-4,9-11,14,16H,5-8H2,1H3/t10-,11-,14-/m0/s1. The number of methoxy groups -OCH3 is 1. The van der Waals surface area contributed by atoms with Crippen molar-refractivity contribution in [2.45, 2.75) is 36.6 Å². The molecule has 2 aliphatic rings. The van der Waals surface area contributed by atoms with E-state index in [9.17, 15) is 13.2 Å². The minimum absolute atomic E-state index is 0.0375. The van der Waals surface area contributed by atoms with Crippen LogP contribution >= 0.6 is 0 Å². The number of sulfonamides is 1. The molecule has 0 radical (unpaired) electrons. The molecular formula is C15H19NO4S. The molecule has 1 aromatic carbocycles. The molecule has 2 aliphatic carbocycles. The van der Waals surface area contributed by atoms with Gasteiger partial charge in [-0.3, -0.25) is 0 Å². The molecular weight excluding hydrogens is 290 g/mol. The Labute approximate surface area is 124 Å². The molecule has 2 saturated carbocycles. The van der Waals surface area contributed by atoms with Gasteiger partial charge in [0.1, 0.15) is 0 Å². The van der Waals surface area contributed by atoms with E-state index in [0.717, 1.165) is 19.3 Å². The molecule has 1 N–H and O–H groups in total. The third kappa shape index (κ3) is 2.82. The lowest BCUT2D eigenvalue weighted by Gasteiger charge is -2.22. The fraction of sp³-hybridized carbons (Fsp3) is 0.533. The Morgan fingerprint density at radius 3 is 2.71 bits per heavy atom. The van der Waals surface area contributed by atoms with Gasteiger partial charge in [-0.1, -0.05) is 12.5 Å². The van der Waals surface area contributed by atoms with E-state index < -0.39 is 16.0 Å². The second-order valence-electron chi connectivity index (χ2n) is 5.92. The Bertz CT molecular complexity index is 655. The first-order valence-electron chi connectivity index (χ1n) is 7.20. The first-order chi connectivity index (χ1) is 9.99. The van der Waals surface area contributed by atoms with Gasteiger partial charge >= 0.3 is 5.97 Å². The van der Waals surface area contributed by atoms with Gasteiger partial charge in [0.05, 0.1) is 17.6 Å². The van der Waals surface area contributed by atoms with Crippen LogP contribution in [0.25, 0.3) is 0 Å². The van der Waals surface area contributed by atoms with Crippen molar-refractivity contribution in [1.29, 1.82) is 0 Å². The minimum atomic E-state index is -3.59. The maximum Gasteiger partial charge on any atom is 0.337 e. The number of ether oxygens (including phenoxy) is 1. The lowest BCUT2D eigenvalue weighted by molar-refractivity contribution is 0.0600. The maximum absolute atomic E-state index is 12.5. The van der Waals surface area contributed by atoms with E-state index >= 15 is 0 Å². The summed E-state index contributed by atoms with van der Waals surface area (Å²) in [4.78, 5) is 11.6. The molecule has 6 heteroatoms. The SMILES string of the molecule is COC(=O)c1cccc(S(=O)(=O)N[C@H]2C[C@H]3CC[C@H]2C3)c1. The first-order valence-corrected chi connectivity index (χ1v) is 8.68. The molecule has 0 heterocycles. The Morgan fingerprint density at radius 2 is 2.10 bits per heavy atom. The normalized spacial score (nSPS) is 27.8. The molecule has 1 aromatic rings. The number of hydrogen-bond donors (Lipinski definition) is 1. The number of fused-ring (bicyclic) bond motifs is 2. The van der Waals surface area contributed by atoms with E-state index in [1.165, 1.54) is 25.7 Å². The monoisotopic (exact) mass is 309 g/mol. The van der Waals surface area contributed by atoms with Crippen LogP contribution in [0, 0.1) is 11.8 Å². The molecule has 0 aromatic heterocycles. The summed E-state index contributed by atoms with van der Waals surface area (Å²) in [6.07, 6.45) is 4.40. The number of hydrogen-bond acceptors (Lipinski definition) is 4. The van der Waals surface area contributed by atoms with Gasteiger partial charge in [0.15, 0.2) is 0 Å². The van der Waals surface area contributed by atoms with Crippen LogP contribution in [0.3, 0.4) is 0 Å². The van der Waals surface area contributed by atoms with E-state index in [1.54, 1.807) is 12.1 Å². The van der Waals surface area contributed by atoms with Crippen LogP contribution in [-0.2, 0) is 14.8 Å². The summed E-state index contributed by atoms with van der Waals surface area (Å²) in [6, 6.07) is 6.00. The van der Waals surface area contributed by atoms with Crippen molar-refractivity contribution >= 4 is 16.0 Å². The van der Waals surface area contributed by atoms with E-state index in [2.05, 4.69) is 9.46 Å². The van der Waals surface area contributed by atoms with E-state index in [4.69, 9.17) is 0 Å². The van der Waals surface area contributed by atoms with E-state index in [-0.39, 0.29) is 16.5 Å². The highest BCUT2D eigenvalue weighted by Gasteiger charge is 2.41. The molecule has 0 saturated heterocycles. The average molecular weight is 309 g/mol. The third-order valence-electron chi connectivity index (χ3n) is 4.61. The number of rotatable bonds is 4. The minimum Gasteiger partial charge on any atom is -0.465 e. The van der Waals surface area contributed by atoms with Crippen LogP contribution in [0.2, 0.25) is 0 Å². The number of nitrogens with one attached hydrogen (secondary N) is 1. The smallest absolute Gasteiger partial charge is 0.337 e. The summed E-state index contributed by atoms with van der Waals surface area (Å²) in [5.74, 6) is 0.602. The zero-order valence-corrected chi connectivity index (χ0v) is 12.7. The van der Waals surface area contributed by atoms with Crippen LogP contribution in [-0.4, -0.2) is 27.5 Å². The molecule has 114 valence electrons. The van der Waals surface area contributed by atoms with Crippen molar-refractivity contribution < 1.29 is 17.9 Å². The third-order valence-corrected chi connectivity index (χ3v) is 6.10. The molecule has 21 heavy (non-hydrogen) atoms. The largest absolute Gasteiger partial charge is 0.465 e. The number of esters is 1. The predicted molar refractivity (Wildman–Crippen MR) is 77.3 cm³/mol. The summed E-state index contributed by atoms with van der Waals surface area (Å²) >= 11 is 0. The number of benzene rings is 1. The van der Waals surface area contributed by atoms with Crippen molar-refractivity contribution in [2.75, 3.05) is 7.11 Å². The molecule has 3 rings (SSSR count).